The summed E-state index contributed by atoms with van der Waals surface area (Å²) in [5.41, 5.74) is 2.30. The van der Waals surface area contributed by atoms with Gasteiger partial charge >= 0.3 is 0 Å². The van der Waals surface area contributed by atoms with Gasteiger partial charge in [0, 0.05) is 57.8 Å². The highest BCUT2D eigenvalue weighted by Gasteiger charge is 2.23. The lowest BCUT2D eigenvalue weighted by Gasteiger charge is -2.19. The van der Waals surface area contributed by atoms with Gasteiger partial charge in [-0.25, -0.2) is 0 Å². The number of fused-ring (bicyclic) bond motifs is 1. The van der Waals surface area contributed by atoms with Crippen molar-refractivity contribution in [2.45, 2.75) is 46.5 Å². The first-order valence-corrected chi connectivity index (χ1v) is 10.8. The molecule has 1 heterocycles. The Morgan fingerprint density at radius 3 is 2.53 bits per heavy atom. The molecule has 1 aromatic carbocycles. The third kappa shape index (κ3) is 7.77. The Kier molecular flexibility index (Phi) is 12.4. The van der Waals surface area contributed by atoms with Gasteiger partial charge in [0.05, 0.1) is 0 Å². The average Bonchev–Trinajstić information content (AvgIpc) is 3.16. The van der Waals surface area contributed by atoms with Crippen LogP contribution >= 0.6 is 24.0 Å². The van der Waals surface area contributed by atoms with Crippen molar-refractivity contribution in [1.82, 2.24) is 15.5 Å². The summed E-state index contributed by atoms with van der Waals surface area (Å²) in [5, 5.41) is 6.40. The van der Waals surface area contributed by atoms with Crippen LogP contribution in [0.15, 0.2) is 29.3 Å². The van der Waals surface area contributed by atoms with E-state index in [-0.39, 0.29) is 35.8 Å². The van der Waals surface area contributed by atoms with Gasteiger partial charge in [-0.3, -0.25) is 14.6 Å². The van der Waals surface area contributed by atoms with Crippen molar-refractivity contribution in [3.63, 3.8) is 0 Å². The molecule has 168 valence electrons. The first kappa shape index (κ1) is 26.2. The zero-order chi connectivity index (χ0) is 21.1. The zero-order valence-corrected chi connectivity index (χ0v) is 20.8. The lowest BCUT2D eigenvalue weighted by atomic mass is 10.2. The molecular formula is C22H36IN5O2. The quantitative estimate of drug-likeness (QED) is 0.212. The summed E-state index contributed by atoms with van der Waals surface area (Å²) in [6.07, 6.45) is 2.56. The number of nitrogens with one attached hydrogen (secondary N) is 2. The summed E-state index contributed by atoms with van der Waals surface area (Å²) in [7, 11) is 0. The maximum absolute atomic E-state index is 12.6. The van der Waals surface area contributed by atoms with Gasteiger partial charge in [0.15, 0.2) is 5.96 Å². The molecule has 8 heteroatoms. The van der Waals surface area contributed by atoms with E-state index in [1.807, 2.05) is 48.8 Å². The van der Waals surface area contributed by atoms with Crippen LogP contribution in [0.1, 0.15) is 45.6 Å². The average molecular weight is 529 g/mol. The number of aliphatic imine (C=N–C) groups is 1. The number of guanidine groups is 1. The van der Waals surface area contributed by atoms with E-state index in [2.05, 4.69) is 21.7 Å². The van der Waals surface area contributed by atoms with Gasteiger partial charge in [0.25, 0.3) is 0 Å². The van der Waals surface area contributed by atoms with Gasteiger partial charge in [-0.2, -0.15) is 0 Å². The second-order valence-electron chi connectivity index (χ2n) is 7.03. The number of amides is 2. The number of benzene rings is 1. The van der Waals surface area contributed by atoms with E-state index < -0.39 is 0 Å². The molecule has 0 bridgehead atoms. The van der Waals surface area contributed by atoms with Crippen LogP contribution in [-0.2, 0) is 16.0 Å². The number of hydrogen-bond acceptors (Lipinski definition) is 3. The summed E-state index contributed by atoms with van der Waals surface area (Å²) in [5.74, 6) is 1.00. The number of rotatable bonds is 10. The number of para-hydroxylation sites is 1. The molecule has 2 N–H and O–H groups in total. The molecule has 2 amide bonds. The van der Waals surface area contributed by atoms with Crippen LogP contribution in [0.2, 0.25) is 0 Å². The molecule has 0 atom stereocenters. The lowest BCUT2D eigenvalue weighted by Crippen LogP contribution is -2.40. The number of hydrogen-bond donors (Lipinski definition) is 2. The number of carbonyl (C=O) groups is 2. The standard InChI is InChI=1S/C22H35N5O2.HI/c1-4-23-22(25-16-13-20(28)26(5-2)6-3)24-15-9-12-21(29)27-17-14-18-10-7-8-11-19(18)27;/h7-8,10-11H,4-6,9,12-17H2,1-3H3,(H2,23,24,25);1H. The van der Waals surface area contributed by atoms with Gasteiger partial charge in [-0.15, -0.1) is 24.0 Å². The fraction of sp³-hybridized carbons (Fsp3) is 0.591. The smallest absolute Gasteiger partial charge is 0.227 e. The molecular weight excluding hydrogens is 493 g/mol. The Morgan fingerprint density at radius 2 is 1.83 bits per heavy atom. The number of anilines is 1. The molecule has 0 aromatic heterocycles. The Labute approximate surface area is 197 Å². The molecule has 1 aliphatic rings. The number of carbonyl (C=O) groups excluding carboxylic acids is 2. The Morgan fingerprint density at radius 1 is 1.10 bits per heavy atom. The topological polar surface area (TPSA) is 77.0 Å². The van der Waals surface area contributed by atoms with E-state index in [1.54, 1.807) is 0 Å². The van der Waals surface area contributed by atoms with Crippen LogP contribution in [0.4, 0.5) is 5.69 Å². The SMILES string of the molecule is CCNC(=NCCCC(=O)N1CCc2ccccc21)NCCC(=O)N(CC)CC.I. The molecule has 1 aliphatic heterocycles. The van der Waals surface area contributed by atoms with Crippen LogP contribution in [0.3, 0.4) is 0 Å². The van der Waals surface area contributed by atoms with Gasteiger partial charge in [-0.1, -0.05) is 18.2 Å². The highest BCUT2D eigenvalue weighted by molar-refractivity contribution is 14.0. The van der Waals surface area contributed by atoms with Gasteiger partial charge in [-0.05, 0) is 45.2 Å². The molecule has 7 nitrogen and oxygen atoms in total. The summed E-state index contributed by atoms with van der Waals surface area (Å²) >= 11 is 0. The summed E-state index contributed by atoms with van der Waals surface area (Å²) in [6.45, 7) is 10.1. The van der Waals surface area contributed by atoms with E-state index in [9.17, 15) is 9.59 Å². The van der Waals surface area contributed by atoms with Crippen LogP contribution in [-0.4, -0.2) is 61.9 Å². The van der Waals surface area contributed by atoms with Gasteiger partial charge in [0.1, 0.15) is 0 Å². The fourth-order valence-corrected chi connectivity index (χ4v) is 3.52. The Hall–Kier alpha value is -1.84. The minimum Gasteiger partial charge on any atom is -0.357 e. The first-order chi connectivity index (χ1) is 14.1. The van der Waals surface area contributed by atoms with Gasteiger partial charge in [0.2, 0.25) is 11.8 Å². The maximum Gasteiger partial charge on any atom is 0.227 e. The molecule has 0 aliphatic carbocycles. The third-order valence-corrected chi connectivity index (χ3v) is 5.10. The van der Waals surface area contributed by atoms with Gasteiger partial charge < -0.3 is 20.4 Å². The van der Waals surface area contributed by atoms with Crippen LogP contribution in [0.25, 0.3) is 0 Å². The Bertz CT molecular complexity index is 707. The molecule has 2 rings (SSSR count). The fourth-order valence-electron chi connectivity index (χ4n) is 3.52. The zero-order valence-electron chi connectivity index (χ0n) is 18.4. The van der Waals surface area contributed by atoms with Crippen LogP contribution in [0.5, 0.6) is 0 Å². The number of halogens is 1. The largest absolute Gasteiger partial charge is 0.357 e. The first-order valence-electron chi connectivity index (χ1n) is 10.8. The summed E-state index contributed by atoms with van der Waals surface area (Å²) < 4.78 is 0. The second kappa shape index (κ2) is 14.2. The normalized spacial score (nSPS) is 12.8. The van der Waals surface area contributed by atoms with Crippen molar-refractivity contribution >= 4 is 47.4 Å². The Balaban J connectivity index is 0.00000450. The third-order valence-electron chi connectivity index (χ3n) is 5.10. The molecule has 1 aromatic rings. The van der Waals surface area contributed by atoms with Crippen molar-refractivity contribution in [1.29, 1.82) is 0 Å². The minimum absolute atomic E-state index is 0. The molecule has 0 radical (unpaired) electrons. The van der Waals surface area contributed by atoms with Crippen molar-refractivity contribution in [3.8, 4) is 0 Å². The second-order valence-corrected chi connectivity index (χ2v) is 7.03. The van der Waals surface area contributed by atoms with E-state index in [4.69, 9.17) is 0 Å². The van der Waals surface area contributed by atoms with Crippen molar-refractivity contribution in [3.05, 3.63) is 29.8 Å². The summed E-state index contributed by atoms with van der Waals surface area (Å²) in [4.78, 5) is 32.9. The van der Waals surface area contributed by atoms with Crippen molar-refractivity contribution in [2.24, 2.45) is 4.99 Å². The highest BCUT2D eigenvalue weighted by atomic mass is 127. The molecule has 0 unspecified atom stereocenters. The van der Waals surface area contributed by atoms with E-state index in [1.165, 1.54) is 5.56 Å². The van der Waals surface area contributed by atoms with Crippen LogP contribution in [0, 0.1) is 0 Å². The molecule has 0 saturated heterocycles. The summed E-state index contributed by atoms with van der Waals surface area (Å²) in [6, 6.07) is 8.11. The van der Waals surface area contributed by atoms with E-state index >= 15 is 0 Å². The predicted molar refractivity (Wildman–Crippen MR) is 134 cm³/mol. The van der Waals surface area contributed by atoms with Crippen molar-refractivity contribution < 1.29 is 9.59 Å². The molecule has 0 saturated carbocycles. The monoisotopic (exact) mass is 529 g/mol. The molecule has 0 fully saturated rings. The minimum atomic E-state index is 0. The molecule has 30 heavy (non-hydrogen) atoms. The molecule has 0 spiro atoms. The number of nitrogens with zero attached hydrogens (tertiary/aromatic N) is 3. The van der Waals surface area contributed by atoms with E-state index in [0.29, 0.717) is 38.3 Å². The predicted octanol–water partition coefficient (Wildman–Crippen LogP) is 2.79. The van der Waals surface area contributed by atoms with E-state index in [0.717, 1.165) is 38.3 Å². The van der Waals surface area contributed by atoms with Crippen molar-refractivity contribution in [2.75, 3.05) is 44.2 Å². The highest BCUT2D eigenvalue weighted by Crippen LogP contribution is 2.27. The lowest BCUT2D eigenvalue weighted by molar-refractivity contribution is -0.130. The van der Waals surface area contributed by atoms with Crippen LogP contribution < -0.4 is 15.5 Å². The maximum atomic E-state index is 12.6.